The number of rotatable bonds is 4. The molecule has 1 N–H and O–H groups in total. The monoisotopic (exact) mass is 249 g/mol. The molecule has 0 bridgehead atoms. The molecule has 18 heavy (non-hydrogen) atoms. The minimum absolute atomic E-state index is 0.452. The molecule has 1 aromatic rings. The maximum absolute atomic E-state index is 11.4. The van der Waals surface area contributed by atoms with E-state index in [1.807, 2.05) is 18.2 Å². The van der Waals surface area contributed by atoms with E-state index in [2.05, 4.69) is 17.0 Å². The van der Waals surface area contributed by atoms with E-state index < -0.39 is 11.6 Å². The van der Waals surface area contributed by atoms with Crippen LogP contribution < -0.4 is 0 Å². The number of benzene rings is 1. The number of likely N-dealkylation sites (tertiary alicyclic amines) is 1. The second kappa shape index (κ2) is 5.50. The fraction of sp³-hybridized carbons (Fsp3) is 0.500. The molecule has 98 valence electrons. The molecule has 0 spiro atoms. The van der Waals surface area contributed by atoms with E-state index in [4.69, 9.17) is 4.74 Å². The highest BCUT2D eigenvalue weighted by Crippen LogP contribution is 2.26. The molecule has 4 nitrogen and oxygen atoms in total. The van der Waals surface area contributed by atoms with Crippen molar-refractivity contribution in [3.63, 3.8) is 0 Å². The zero-order valence-corrected chi connectivity index (χ0v) is 10.6. The second-order valence-corrected chi connectivity index (χ2v) is 4.80. The molecule has 0 amide bonds. The molecule has 0 aliphatic carbocycles. The van der Waals surface area contributed by atoms with Crippen molar-refractivity contribution < 1.29 is 14.6 Å². The highest BCUT2D eigenvalue weighted by atomic mass is 16.5. The summed E-state index contributed by atoms with van der Waals surface area (Å²) in [5.41, 5.74) is 0.169. The van der Waals surface area contributed by atoms with Gasteiger partial charge in [0.25, 0.3) is 0 Å². The lowest BCUT2D eigenvalue weighted by Crippen LogP contribution is -2.54. The maximum Gasteiger partial charge on any atom is 0.337 e. The number of hydrogen-bond acceptors (Lipinski definition) is 3. The number of ether oxygens (including phenoxy) is 1. The van der Waals surface area contributed by atoms with Crippen molar-refractivity contribution >= 4 is 5.97 Å². The summed E-state index contributed by atoms with van der Waals surface area (Å²) in [5, 5.41) is 9.32. The molecular formula is C14H19NO3. The average molecular weight is 249 g/mol. The topological polar surface area (TPSA) is 49.8 Å². The van der Waals surface area contributed by atoms with Crippen molar-refractivity contribution in [1.29, 1.82) is 0 Å². The Morgan fingerprint density at radius 1 is 1.44 bits per heavy atom. The highest BCUT2D eigenvalue weighted by Gasteiger charge is 2.42. The summed E-state index contributed by atoms with van der Waals surface area (Å²) in [6.07, 6.45) is 1.44. The van der Waals surface area contributed by atoms with E-state index in [0.29, 0.717) is 13.0 Å². The molecule has 2 rings (SSSR count). The zero-order valence-electron chi connectivity index (χ0n) is 10.6. The summed E-state index contributed by atoms with van der Waals surface area (Å²) in [5.74, 6) is -0.859. The van der Waals surface area contributed by atoms with E-state index in [-0.39, 0.29) is 0 Å². The fourth-order valence-electron chi connectivity index (χ4n) is 2.51. The Morgan fingerprint density at radius 3 is 2.78 bits per heavy atom. The van der Waals surface area contributed by atoms with Crippen LogP contribution in [0.25, 0.3) is 0 Å². The predicted octanol–water partition coefficient (Wildman–Crippen LogP) is 1.75. The van der Waals surface area contributed by atoms with Crippen LogP contribution in [-0.2, 0) is 16.1 Å². The third-order valence-electron chi connectivity index (χ3n) is 3.56. The number of piperidine rings is 1. The number of aliphatic carboxylic acids is 1. The zero-order chi connectivity index (χ0) is 13.0. The smallest absolute Gasteiger partial charge is 0.337 e. The number of nitrogens with zero attached hydrogens (tertiary/aromatic N) is 1. The van der Waals surface area contributed by atoms with Gasteiger partial charge in [-0.15, -0.1) is 0 Å². The van der Waals surface area contributed by atoms with Crippen LogP contribution in [0.5, 0.6) is 0 Å². The summed E-state index contributed by atoms with van der Waals surface area (Å²) < 4.78 is 5.27. The Balaban J connectivity index is 2.05. The average Bonchev–Trinajstić information content (AvgIpc) is 2.40. The summed E-state index contributed by atoms with van der Waals surface area (Å²) in [6.45, 7) is 2.15. The number of methoxy groups -OCH3 is 1. The Kier molecular flexibility index (Phi) is 3.99. The Hall–Kier alpha value is -1.39. The lowest BCUT2D eigenvalue weighted by atomic mass is 9.92. The van der Waals surface area contributed by atoms with Gasteiger partial charge in [-0.2, -0.15) is 0 Å². The van der Waals surface area contributed by atoms with Crippen LogP contribution in [0.3, 0.4) is 0 Å². The van der Waals surface area contributed by atoms with E-state index in [9.17, 15) is 9.90 Å². The van der Waals surface area contributed by atoms with E-state index in [0.717, 1.165) is 19.5 Å². The molecule has 1 aromatic carbocycles. The second-order valence-electron chi connectivity index (χ2n) is 4.80. The van der Waals surface area contributed by atoms with Crippen molar-refractivity contribution in [3.05, 3.63) is 35.9 Å². The Labute approximate surface area is 107 Å². The number of carboxylic acids is 1. The predicted molar refractivity (Wildman–Crippen MR) is 68.3 cm³/mol. The normalized spacial score (nSPS) is 24.9. The van der Waals surface area contributed by atoms with Crippen molar-refractivity contribution in [2.24, 2.45) is 0 Å². The molecule has 1 aliphatic rings. The fourth-order valence-corrected chi connectivity index (χ4v) is 2.51. The maximum atomic E-state index is 11.4. The first kappa shape index (κ1) is 13.1. The first-order valence-corrected chi connectivity index (χ1v) is 6.21. The van der Waals surface area contributed by atoms with Crippen LogP contribution in [0.4, 0.5) is 0 Å². The van der Waals surface area contributed by atoms with E-state index in [1.54, 1.807) is 0 Å². The van der Waals surface area contributed by atoms with Crippen molar-refractivity contribution in [2.45, 2.75) is 25.0 Å². The molecule has 1 heterocycles. The van der Waals surface area contributed by atoms with Crippen LogP contribution in [0, 0.1) is 0 Å². The van der Waals surface area contributed by atoms with Gasteiger partial charge in [0.15, 0.2) is 5.60 Å². The summed E-state index contributed by atoms with van der Waals surface area (Å²) in [7, 11) is 1.49. The standard InChI is InChI=1S/C14H19NO3/c1-18-14(13(16)17)8-5-9-15(11-14)10-12-6-3-2-4-7-12/h2-4,6-7H,5,8-11H2,1H3,(H,16,17). The quantitative estimate of drug-likeness (QED) is 0.883. The van der Waals surface area contributed by atoms with Crippen LogP contribution in [-0.4, -0.2) is 41.8 Å². The molecular weight excluding hydrogens is 230 g/mol. The number of hydrogen-bond donors (Lipinski definition) is 1. The van der Waals surface area contributed by atoms with Crippen molar-refractivity contribution in [2.75, 3.05) is 20.2 Å². The molecule has 0 radical (unpaired) electrons. The molecule has 0 aromatic heterocycles. The van der Waals surface area contributed by atoms with Gasteiger partial charge in [-0.1, -0.05) is 30.3 Å². The van der Waals surface area contributed by atoms with Crippen LogP contribution >= 0.6 is 0 Å². The van der Waals surface area contributed by atoms with E-state index in [1.165, 1.54) is 12.7 Å². The largest absolute Gasteiger partial charge is 0.479 e. The Morgan fingerprint density at radius 2 is 2.17 bits per heavy atom. The molecule has 1 saturated heterocycles. The van der Waals surface area contributed by atoms with Gasteiger partial charge in [-0.25, -0.2) is 4.79 Å². The summed E-state index contributed by atoms with van der Waals surface area (Å²) >= 11 is 0. The highest BCUT2D eigenvalue weighted by molar-refractivity contribution is 5.78. The van der Waals surface area contributed by atoms with Crippen molar-refractivity contribution in [1.82, 2.24) is 4.90 Å². The van der Waals surface area contributed by atoms with Gasteiger partial charge in [0.1, 0.15) is 0 Å². The van der Waals surface area contributed by atoms with Crippen LogP contribution in [0.2, 0.25) is 0 Å². The molecule has 0 saturated carbocycles. The number of carboxylic acid groups (broad SMARTS) is 1. The third kappa shape index (κ3) is 2.71. The van der Waals surface area contributed by atoms with Crippen LogP contribution in [0.15, 0.2) is 30.3 Å². The lowest BCUT2D eigenvalue weighted by molar-refractivity contribution is -0.169. The van der Waals surface area contributed by atoms with Gasteiger partial charge in [-0.3, -0.25) is 4.90 Å². The minimum atomic E-state index is -1.03. The Bertz CT molecular complexity index is 407. The summed E-state index contributed by atoms with van der Waals surface area (Å²) in [4.78, 5) is 13.5. The minimum Gasteiger partial charge on any atom is -0.479 e. The van der Waals surface area contributed by atoms with E-state index >= 15 is 0 Å². The number of carbonyl (C=O) groups is 1. The first-order valence-electron chi connectivity index (χ1n) is 6.21. The SMILES string of the molecule is COC1(C(=O)O)CCCN(Cc2ccccc2)C1. The molecule has 4 heteroatoms. The lowest BCUT2D eigenvalue weighted by Gasteiger charge is -2.38. The van der Waals surface area contributed by atoms with Crippen molar-refractivity contribution in [3.8, 4) is 0 Å². The molecule has 1 atom stereocenters. The van der Waals surface area contributed by atoms with Gasteiger partial charge in [0.05, 0.1) is 0 Å². The third-order valence-corrected chi connectivity index (χ3v) is 3.56. The molecule has 1 unspecified atom stereocenters. The summed E-state index contributed by atoms with van der Waals surface area (Å²) in [6, 6.07) is 10.1. The molecule has 1 aliphatic heterocycles. The van der Waals surface area contributed by atoms with Gasteiger partial charge < -0.3 is 9.84 Å². The van der Waals surface area contributed by atoms with Gasteiger partial charge in [0, 0.05) is 20.2 Å². The first-order chi connectivity index (χ1) is 8.66. The van der Waals surface area contributed by atoms with Gasteiger partial charge >= 0.3 is 5.97 Å². The van der Waals surface area contributed by atoms with Crippen LogP contribution in [0.1, 0.15) is 18.4 Å². The van der Waals surface area contributed by atoms with Gasteiger partial charge in [0.2, 0.25) is 0 Å². The molecule has 1 fully saturated rings. The van der Waals surface area contributed by atoms with Gasteiger partial charge in [-0.05, 0) is 24.9 Å².